The molecule has 1 unspecified atom stereocenters. The molecule has 1 heterocycles. The molecule has 1 radical (unpaired) electrons. The molecule has 1 aromatic carbocycles. The molecule has 1 saturated heterocycles. The summed E-state index contributed by atoms with van der Waals surface area (Å²) in [6.45, 7) is 2.04. The Hall–Kier alpha value is -0.900. The van der Waals surface area contributed by atoms with E-state index in [9.17, 15) is 5.11 Å². The summed E-state index contributed by atoms with van der Waals surface area (Å²) in [4.78, 5) is 0. The smallest absolute Gasteiger partial charge is 0.169 e. The quantitative estimate of drug-likeness (QED) is 0.636. The van der Waals surface area contributed by atoms with Crippen molar-refractivity contribution in [3.05, 3.63) is 35.9 Å². The van der Waals surface area contributed by atoms with Crippen LogP contribution in [0, 0.1) is 0 Å². The Morgan fingerprint density at radius 3 is 2.69 bits per heavy atom. The van der Waals surface area contributed by atoms with Crippen molar-refractivity contribution in [1.82, 2.24) is 10.6 Å². The van der Waals surface area contributed by atoms with Crippen molar-refractivity contribution in [3.8, 4) is 0 Å². The number of hydrogen-bond donors (Lipinski definition) is 2. The maximum Gasteiger partial charge on any atom is 0.169 e. The van der Waals surface area contributed by atoms with E-state index in [-0.39, 0.29) is 0 Å². The van der Waals surface area contributed by atoms with Gasteiger partial charge in [-0.2, -0.15) is 0 Å². The van der Waals surface area contributed by atoms with Gasteiger partial charge in [-0.05, 0) is 0 Å². The van der Waals surface area contributed by atoms with E-state index in [2.05, 4.69) is 10.6 Å². The van der Waals surface area contributed by atoms with Gasteiger partial charge in [-0.25, -0.2) is 5.32 Å². The maximum atomic E-state index is 10.1. The van der Waals surface area contributed by atoms with E-state index in [1.54, 1.807) is 0 Å². The van der Waals surface area contributed by atoms with Crippen LogP contribution in [0.4, 0.5) is 0 Å². The largest absolute Gasteiger partial charge is 0.369 e. The molecule has 0 saturated carbocycles. The maximum absolute atomic E-state index is 10.1. The SMILES string of the molecule is OC1(c2ccccc2)CNCC[N]1. The lowest BCUT2D eigenvalue weighted by Gasteiger charge is -2.32. The summed E-state index contributed by atoms with van der Waals surface area (Å²) in [5.74, 6) is 0. The van der Waals surface area contributed by atoms with Gasteiger partial charge < -0.3 is 10.4 Å². The fourth-order valence-electron chi connectivity index (χ4n) is 1.54. The fraction of sp³-hybridized carbons (Fsp3) is 0.400. The minimum absolute atomic E-state index is 0.511. The topological polar surface area (TPSA) is 46.4 Å². The van der Waals surface area contributed by atoms with Gasteiger partial charge in [0.15, 0.2) is 5.72 Å². The molecule has 69 valence electrons. The lowest BCUT2D eigenvalue weighted by atomic mass is 10.0. The van der Waals surface area contributed by atoms with Crippen LogP contribution in [0.15, 0.2) is 30.3 Å². The molecule has 1 aliphatic rings. The molecule has 0 amide bonds. The molecule has 2 rings (SSSR count). The van der Waals surface area contributed by atoms with E-state index in [0.29, 0.717) is 13.1 Å². The predicted octanol–water partition coefficient (Wildman–Crippen LogP) is 0.0393. The molecule has 0 aromatic heterocycles. The molecule has 1 fully saturated rings. The highest BCUT2D eigenvalue weighted by Crippen LogP contribution is 2.19. The molecular formula is C10H13N2O. The average molecular weight is 177 g/mol. The average Bonchev–Trinajstić information content (AvgIpc) is 2.20. The first-order chi connectivity index (χ1) is 6.31. The summed E-state index contributed by atoms with van der Waals surface area (Å²) >= 11 is 0. The van der Waals surface area contributed by atoms with Crippen molar-refractivity contribution in [2.45, 2.75) is 5.72 Å². The zero-order valence-electron chi connectivity index (χ0n) is 7.40. The first-order valence-electron chi connectivity index (χ1n) is 4.48. The van der Waals surface area contributed by atoms with E-state index in [0.717, 1.165) is 12.1 Å². The Morgan fingerprint density at radius 2 is 2.08 bits per heavy atom. The van der Waals surface area contributed by atoms with Crippen LogP contribution < -0.4 is 10.6 Å². The second-order valence-electron chi connectivity index (χ2n) is 3.24. The first-order valence-corrected chi connectivity index (χ1v) is 4.48. The van der Waals surface area contributed by atoms with Crippen molar-refractivity contribution in [2.75, 3.05) is 19.6 Å². The predicted molar refractivity (Wildman–Crippen MR) is 50.2 cm³/mol. The van der Waals surface area contributed by atoms with Gasteiger partial charge in [0.25, 0.3) is 0 Å². The zero-order valence-corrected chi connectivity index (χ0v) is 7.40. The molecule has 0 aliphatic carbocycles. The fourth-order valence-corrected chi connectivity index (χ4v) is 1.54. The van der Waals surface area contributed by atoms with Crippen molar-refractivity contribution >= 4 is 0 Å². The van der Waals surface area contributed by atoms with Crippen LogP contribution in [0.5, 0.6) is 0 Å². The standard InChI is InChI=1S/C10H13N2O/c13-10(8-11-6-7-12-10)9-4-2-1-3-5-9/h1-5,11,13H,6-8H2. The van der Waals surface area contributed by atoms with E-state index < -0.39 is 5.72 Å². The minimum Gasteiger partial charge on any atom is -0.369 e. The number of β-amino-alcohol motifs (C(OH)–C–C–N with tert-alkyl or cyclic N) is 1. The van der Waals surface area contributed by atoms with Crippen molar-refractivity contribution in [2.24, 2.45) is 0 Å². The summed E-state index contributed by atoms with van der Waals surface area (Å²) in [5, 5.41) is 17.5. The van der Waals surface area contributed by atoms with Crippen molar-refractivity contribution in [1.29, 1.82) is 0 Å². The third kappa shape index (κ3) is 1.72. The van der Waals surface area contributed by atoms with Crippen LogP contribution in [-0.4, -0.2) is 24.7 Å². The van der Waals surface area contributed by atoms with Crippen LogP contribution in [0.2, 0.25) is 0 Å². The van der Waals surface area contributed by atoms with Gasteiger partial charge in [-0.15, -0.1) is 0 Å². The molecule has 1 aliphatic heterocycles. The van der Waals surface area contributed by atoms with E-state index >= 15 is 0 Å². The Balaban J connectivity index is 2.23. The Labute approximate surface area is 77.8 Å². The monoisotopic (exact) mass is 177 g/mol. The Morgan fingerprint density at radius 1 is 1.31 bits per heavy atom. The van der Waals surface area contributed by atoms with Gasteiger partial charge in [0.2, 0.25) is 0 Å². The number of hydrogen-bond acceptors (Lipinski definition) is 2. The molecule has 2 N–H and O–H groups in total. The third-order valence-electron chi connectivity index (χ3n) is 2.27. The van der Waals surface area contributed by atoms with E-state index in [1.807, 2.05) is 30.3 Å². The van der Waals surface area contributed by atoms with Gasteiger partial charge in [0, 0.05) is 25.2 Å². The molecule has 3 nitrogen and oxygen atoms in total. The second-order valence-corrected chi connectivity index (χ2v) is 3.24. The van der Waals surface area contributed by atoms with Crippen molar-refractivity contribution < 1.29 is 5.11 Å². The highest BCUT2D eigenvalue weighted by Gasteiger charge is 2.31. The van der Waals surface area contributed by atoms with Crippen LogP contribution in [0.1, 0.15) is 5.56 Å². The lowest BCUT2D eigenvalue weighted by molar-refractivity contribution is -0.0154. The van der Waals surface area contributed by atoms with E-state index in [1.165, 1.54) is 0 Å². The Kier molecular flexibility index (Phi) is 2.31. The zero-order chi connectivity index (χ0) is 9.15. The van der Waals surface area contributed by atoms with E-state index in [4.69, 9.17) is 0 Å². The second kappa shape index (κ2) is 3.46. The van der Waals surface area contributed by atoms with Crippen LogP contribution in [-0.2, 0) is 5.72 Å². The molecule has 1 atom stereocenters. The minimum atomic E-state index is -1.01. The van der Waals surface area contributed by atoms with Gasteiger partial charge >= 0.3 is 0 Å². The molecule has 13 heavy (non-hydrogen) atoms. The van der Waals surface area contributed by atoms with Gasteiger partial charge in [0.1, 0.15) is 0 Å². The number of nitrogens with zero attached hydrogens (tertiary/aromatic N) is 1. The number of piperazine rings is 1. The normalized spacial score (nSPS) is 28.7. The van der Waals surface area contributed by atoms with Gasteiger partial charge in [0.05, 0.1) is 0 Å². The van der Waals surface area contributed by atoms with Crippen LogP contribution in [0.3, 0.4) is 0 Å². The summed E-state index contributed by atoms with van der Waals surface area (Å²) in [7, 11) is 0. The molecule has 3 heteroatoms. The van der Waals surface area contributed by atoms with Crippen LogP contribution in [0.25, 0.3) is 0 Å². The number of benzene rings is 1. The summed E-state index contributed by atoms with van der Waals surface area (Å²) in [6, 6.07) is 9.56. The number of rotatable bonds is 1. The summed E-state index contributed by atoms with van der Waals surface area (Å²) < 4.78 is 0. The lowest BCUT2D eigenvalue weighted by Crippen LogP contribution is -2.52. The highest BCUT2D eigenvalue weighted by molar-refractivity contribution is 5.22. The highest BCUT2D eigenvalue weighted by atomic mass is 16.3. The van der Waals surface area contributed by atoms with Gasteiger partial charge in [-0.3, -0.25) is 0 Å². The first kappa shape index (κ1) is 8.69. The molecule has 0 spiro atoms. The van der Waals surface area contributed by atoms with Crippen molar-refractivity contribution in [3.63, 3.8) is 0 Å². The number of nitrogens with one attached hydrogen (secondary N) is 1. The molecule has 0 bridgehead atoms. The summed E-state index contributed by atoms with van der Waals surface area (Å²) in [6.07, 6.45) is 0. The third-order valence-corrected chi connectivity index (χ3v) is 2.27. The van der Waals surface area contributed by atoms with Crippen LogP contribution >= 0.6 is 0 Å². The number of aliphatic hydroxyl groups is 1. The summed E-state index contributed by atoms with van der Waals surface area (Å²) in [5.41, 5.74) is -0.151. The molecule has 1 aromatic rings. The Bertz CT molecular complexity index is 268. The molecular weight excluding hydrogens is 164 g/mol. The van der Waals surface area contributed by atoms with Gasteiger partial charge in [-0.1, -0.05) is 30.3 Å².